The van der Waals surface area contributed by atoms with Gasteiger partial charge in [0.2, 0.25) is 5.91 Å². The van der Waals surface area contributed by atoms with Gasteiger partial charge in [-0.3, -0.25) is 4.79 Å². The van der Waals surface area contributed by atoms with Gasteiger partial charge in [0.05, 0.1) is 25.4 Å². The molecule has 1 rings (SSSR count). The van der Waals surface area contributed by atoms with E-state index in [9.17, 15) is 30.3 Å². The van der Waals surface area contributed by atoms with E-state index in [-0.39, 0.29) is 12.5 Å². The second kappa shape index (κ2) is 59.8. The normalized spacial score (nSPS) is 18.6. The summed E-state index contributed by atoms with van der Waals surface area (Å²) < 4.78 is 11.3. The van der Waals surface area contributed by atoms with Gasteiger partial charge in [0.25, 0.3) is 0 Å². The van der Waals surface area contributed by atoms with E-state index in [1.54, 1.807) is 6.08 Å². The van der Waals surface area contributed by atoms with Crippen LogP contribution in [0.25, 0.3) is 0 Å². The van der Waals surface area contributed by atoms with Gasteiger partial charge in [0.15, 0.2) is 6.29 Å². The molecule has 468 valence electrons. The number of unbranched alkanes of at least 4 members (excludes halogenated alkanes) is 50. The van der Waals surface area contributed by atoms with Crippen molar-refractivity contribution in [1.82, 2.24) is 5.32 Å². The molecular weight excluding hydrogens is 983 g/mol. The summed E-state index contributed by atoms with van der Waals surface area (Å²) in [7, 11) is 0. The SMILES string of the molecule is CCCCCCCCCC/C=C\CCCCCCCCCCCCCC(=O)NC(COC1OC(CO)C(O)C(O)C1O)C(O)/C=C/CCCCCCCCCCCCCCCCCCCCCCCCCCCCCCCCC. The van der Waals surface area contributed by atoms with E-state index in [0.717, 1.165) is 38.5 Å². The Labute approximate surface area is 489 Å². The molecule has 0 saturated carbocycles. The van der Waals surface area contributed by atoms with E-state index in [1.165, 1.54) is 302 Å². The Morgan fingerprint density at radius 3 is 1.03 bits per heavy atom. The molecule has 6 N–H and O–H groups in total. The van der Waals surface area contributed by atoms with Gasteiger partial charge in [-0.15, -0.1) is 0 Å². The molecule has 0 aromatic carbocycles. The van der Waals surface area contributed by atoms with Crippen molar-refractivity contribution >= 4 is 5.91 Å². The molecule has 9 heteroatoms. The molecule has 0 aromatic heterocycles. The Morgan fingerprint density at radius 2 is 0.709 bits per heavy atom. The Morgan fingerprint density at radius 1 is 0.418 bits per heavy atom. The minimum absolute atomic E-state index is 0.171. The first-order valence-electron chi connectivity index (χ1n) is 35.1. The van der Waals surface area contributed by atoms with Crippen molar-refractivity contribution in [1.29, 1.82) is 0 Å². The third-order valence-corrected chi connectivity index (χ3v) is 17.0. The zero-order valence-corrected chi connectivity index (χ0v) is 52.4. The molecule has 7 atom stereocenters. The van der Waals surface area contributed by atoms with Crippen molar-refractivity contribution in [2.45, 2.75) is 403 Å². The zero-order valence-electron chi connectivity index (χ0n) is 52.4. The Hall–Kier alpha value is -1.33. The molecule has 0 aliphatic carbocycles. The van der Waals surface area contributed by atoms with Crippen LogP contribution in [0.4, 0.5) is 0 Å². The summed E-state index contributed by atoms with van der Waals surface area (Å²) in [6.45, 7) is 3.83. The second-order valence-electron chi connectivity index (χ2n) is 24.7. The van der Waals surface area contributed by atoms with Gasteiger partial charge in [0, 0.05) is 6.42 Å². The van der Waals surface area contributed by atoms with E-state index < -0.39 is 49.5 Å². The number of aliphatic hydroxyl groups is 5. The van der Waals surface area contributed by atoms with E-state index in [0.29, 0.717) is 6.42 Å². The fourth-order valence-corrected chi connectivity index (χ4v) is 11.5. The monoisotopic (exact) mass is 1120 g/mol. The lowest BCUT2D eigenvalue weighted by molar-refractivity contribution is -0.302. The maximum atomic E-state index is 13.1. The van der Waals surface area contributed by atoms with Crippen molar-refractivity contribution < 1.29 is 39.8 Å². The van der Waals surface area contributed by atoms with Crippen molar-refractivity contribution in [3.63, 3.8) is 0 Å². The molecule has 0 spiro atoms. The fourth-order valence-electron chi connectivity index (χ4n) is 11.5. The highest BCUT2D eigenvalue weighted by Gasteiger charge is 2.44. The lowest BCUT2D eigenvalue weighted by Gasteiger charge is -2.40. The quantitative estimate of drug-likeness (QED) is 0.0261. The van der Waals surface area contributed by atoms with E-state index in [4.69, 9.17) is 9.47 Å². The molecule has 1 heterocycles. The Bertz CT molecular complexity index is 1300. The number of amides is 1. The summed E-state index contributed by atoms with van der Waals surface area (Å²) >= 11 is 0. The number of rotatable bonds is 62. The third-order valence-electron chi connectivity index (χ3n) is 17.0. The van der Waals surface area contributed by atoms with Crippen LogP contribution >= 0.6 is 0 Å². The maximum Gasteiger partial charge on any atom is 0.220 e. The number of carbonyl (C=O) groups is 1. The molecular formula is C70H135NO8. The van der Waals surface area contributed by atoms with E-state index in [1.807, 2.05) is 6.08 Å². The number of aliphatic hydroxyl groups excluding tert-OH is 5. The Kier molecular flexibility index (Phi) is 57.3. The highest BCUT2D eigenvalue weighted by Crippen LogP contribution is 2.23. The van der Waals surface area contributed by atoms with Gasteiger partial charge in [-0.25, -0.2) is 0 Å². The first-order chi connectivity index (χ1) is 38.8. The summed E-state index contributed by atoms with van der Waals surface area (Å²) in [5.41, 5.74) is 0. The van der Waals surface area contributed by atoms with Crippen LogP contribution in [0.1, 0.15) is 361 Å². The summed E-state index contributed by atoms with van der Waals surface area (Å²) in [5, 5.41) is 54.8. The van der Waals surface area contributed by atoms with Gasteiger partial charge in [-0.05, 0) is 44.9 Å². The average Bonchev–Trinajstić information content (AvgIpc) is 3.47. The summed E-state index contributed by atoms with van der Waals surface area (Å²) in [6.07, 6.45) is 71.5. The number of carbonyl (C=O) groups excluding carboxylic acids is 1. The molecule has 0 aromatic rings. The first-order valence-corrected chi connectivity index (χ1v) is 35.1. The number of hydrogen-bond acceptors (Lipinski definition) is 8. The molecule has 1 saturated heterocycles. The zero-order chi connectivity index (χ0) is 57.2. The second-order valence-corrected chi connectivity index (χ2v) is 24.7. The maximum absolute atomic E-state index is 13.1. The van der Waals surface area contributed by atoms with Crippen LogP contribution in [-0.4, -0.2) is 87.5 Å². The number of nitrogens with one attached hydrogen (secondary N) is 1. The molecule has 0 bridgehead atoms. The van der Waals surface area contributed by atoms with Gasteiger partial charge >= 0.3 is 0 Å². The molecule has 7 unspecified atom stereocenters. The average molecular weight is 1120 g/mol. The molecule has 1 fully saturated rings. The predicted octanol–water partition coefficient (Wildman–Crippen LogP) is 18.9. The highest BCUT2D eigenvalue weighted by atomic mass is 16.7. The van der Waals surface area contributed by atoms with Gasteiger partial charge in [-0.2, -0.15) is 0 Å². The van der Waals surface area contributed by atoms with Crippen LogP contribution in [0.3, 0.4) is 0 Å². The molecule has 9 nitrogen and oxygen atoms in total. The van der Waals surface area contributed by atoms with Crippen LogP contribution in [0, 0.1) is 0 Å². The summed E-state index contributed by atoms with van der Waals surface area (Å²) in [4.78, 5) is 13.1. The number of allylic oxidation sites excluding steroid dienone is 3. The minimum Gasteiger partial charge on any atom is -0.394 e. The standard InChI is InChI=1S/C70H135NO8/c1-3-5-7-9-11-13-15-17-19-21-23-25-27-28-29-30-31-32-33-34-35-36-38-39-41-43-45-47-49-51-53-55-57-59-64(73)63(62-78-70-69(77)68(76)67(75)65(61-72)79-70)71-66(74)60-58-56-54-52-50-48-46-44-42-40-37-26-24-22-20-18-16-14-12-10-8-6-4-2/h22,24,57,59,63-65,67-70,72-73,75-77H,3-21,23,25-56,58,60-62H2,1-2H3,(H,71,74)/b24-22-,59-57+. The van der Waals surface area contributed by atoms with E-state index in [2.05, 4.69) is 31.3 Å². The first kappa shape index (κ1) is 75.7. The van der Waals surface area contributed by atoms with Crippen molar-refractivity contribution in [2.24, 2.45) is 0 Å². The minimum atomic E-state index is -1.57. The van der Waals surface area contributed by atoms with Crippen LogP contribution < -0.4 is 5.32 Å². The van der Waals surface area contributed by atoms with Crippen LogP contribution in [0.15, 0.2) is 24.3 Å². The fraction of sp³-hybridized carbons (Fsp3) is 0.929. The molecule has 1 amide bonds. The van der Waals surface area contributed by atoms with Gasteiger partial charge in [-0.1, -0.05) is 334 Å². The predicted molar refractivity (Wildman–Crippen MR) is 337 cm³/mol. The lowest BCUT2D eigenvalue weighted by Crippen LogP contribution is -2.60. The molecule has 79 heavy (non-hydrogen) atoms. The van der Waals surface area contributed by atoms with Crippen LogP contribution in [-0.2, 0) is 14.3 Å². The lowest BCUT2D eigenvalue weighted by atomic mass is 9.99. The van der Waals surface area contributed by atoms with Crippen LogP contribution in [0.5, 0.6) is 0 Å². The Balaban J connectivity index is 2.11. The number of ether oxygens (including phenoxy) is 2. The molecule has 0 radical (unpaired) electrons. The van der Waals surface area contributed by atoms with Crippen molar-refractivity contribution in [3.8, 4) is 0 Å². The van der Waals surface area contributed by atoms with Gasteiger partial charge in [0.1, 0.15) is 24.4 Å². The largest absolute Gasteiger partial charge is 0.394 e. The van der Waals surface area contributed by atoms with Crippen LogP contribution in [0.2, 0.25) is 0 Å². The molecule has 1 aliphatic rings. The summed E-state index contributed by atoms with van der Waals surface area (Å²) in [6, 6.07) is -0.805. The van der Waals surface area contributed by atoms with Crippen molar-refractivity contribution in [3.05, 3.63) is 24.3 Å². The molecule has 1 aliphatic heterocycles. The smallest absolute Gasteiger partial charge is 0.220 e. The number of hydrogen-bond donors (Lipinski definition) is 6. The summed E-state index contributed by atoms with van der Waals surface area (Å²) in [5.74, 6) is -0.171. The topological polar surface area (TPSA) is 149 Å². The highest BCUT2D eigenvalue weighted by molar-refractivity contribution is 5.76. The third kappa shape index (κ3) is 48.7. The van der Waals surface area contributed by atoms with E-state index >= 15 is 0 Å². The van der Waals surface area contributed by atoms with Crippen molar-refractivity contribution in [2.75, 3.05) is 13.2 Å². The van der Waals surface area contributed by atoms with Gasteiger partial charge < -0.3 is 40.3 Å².